The van der Waals surface area contributed by atoms with E-state index in [-0.39, 0.29) is 11.4 Å². The number of benzene rings is 2. The monoisotopic (exact) mass is 382 g/mol. The first-order chi connectivity index (χ1) is 12.3. The highest BCUT2D eigenvalue weighted by atomic mass is 32.2. The van der Waals surface area contributed by atoms with E-state index in [0.717, 1.165) is 16.4 Å². The van der Waals surface area contributed by atoms with Crippen LogP contribution >= 0.6 is 0 Å². The minimum Gasteiger partial charge on any atom is -0.486 e. The summed E-state index contributed by atoms with van der Waals surface area (Å²) in [5.41, 5.74) is -0.240. The van der Waals surface area contributed by atoms with Crippen LogP contribution in [0, 0.1) is 15.9 Å². The topological polar surface area (TPSA) is 99.0 Å². The molecule has 0 saturated carbocycles. The molecule has 2 aromatic rings. The molecule has 10 heteroatoms. The third-order valence-corrected chi connectivity index (χ3v) is 5.63. The summed E-state index contributed by atoms with van der Waals surface area (Å²) in [6.07, 6.45) is 0. The van der Waals surface area contributed by atoms with Crippen LogP contribution in [0.3, 0.4) is 0 Å². The molecule has 0 bridgehead atoms. The lowest BCUT2D eigenvalue weighted by atomic mass is 10.2. The van der Waals surface area contributed by atoms with E-state index in [9.17, 15) is 22.9 Å². The largest absolute Gasteiger partial charge is 0.486 e. The van der Waals surface area contributed by atoms with Gasteiger partial charge in [-0.3, -0.25) is 10.1 Å². The molecule has 0 fully saturated rings. The van der Waals surface area contributed by atoms with E-state index >= 15 is 0 Å². The van der Waals surface area contributed by atoms with Crippen LogP contribution in [0.4, 0.5) is 10.1 Å². The van der Waals surface area contributed by atoms with E-state index in [1.807, 2.05) is 0 Å². The minimum absolute atomic E-state index is 0.00411. The van der Waals surface area contributed by atoms with Crippen molar-refractivity contribution in [2.45, 2.75) is 11.4 Å². The van der Waals surface area contributed by atoms with Crippen LogP contribution in [0.2, 0.25) is 0 Å². The summed E-state index contributed by atoms with van der Waals surface area (Å²) in [5, 5.41) is 10.8. The van der Waals surface area contributed by atoms with Gasteiger partial charge in [-0.05, 0) is 29.8 Å². The first kappa shape index (κ1) is 18.1. The summed E-state index contributed by atoms with van der Waals surface area (Å²) in [4.78, 5) is 9.51. The number of hydrogen-bond donors (Lipinski definition) is 0. The fraction of sp³-hybridized carbons (Fsp3) is 0.250. The molecule has 0 saturated heterocycles. The molecule has 0 N–H and O–H groups in total. The van der Waals surface area contributed by atoms with Gasteiger partial charge in [0.25, 0.3) is 0 Å². The van der Waals surface area contributed by atoms with Gasteiger partial charge in [-0.2, -0.15) is 8.70 Å². The molecule has 0 aliphatic carbocycles. The molecule has 0 atom stereocenters. The molecule has 1 heterocycles. The molecule has 8 nitrogen and oxygen atoms in total. The van der Waals surface area contributed by atoms with E-state index < -0.39 is 26.5 Å². The van der Waals surface area contributed by atoms with Crippen molar-refractivity contribution in [1.82, 2.24) is 4.31 Å². The Morgan fingerprint density at radius 2 is 1.85 bits per heavy atom. The Labute approximate surface area is 149 Å². The molecule has 3 rings (SSSR count). The van der Waals surface area contributed by atoms with Crippen molar-refractivity contribution < 1.29 is 27.2 Å². The molecule has 1 aliphatic heterocycles. The molecule has 1 aliphatic rings. The number of hydrogen-bond acceptors (Lipinski definition) is 6. The number of ether oxygens (including phenoxy) is 2. The maximum absolute atomic E-state index is 13.4. The maximum atomic E-state index is 13.4. The number of rotatable bonds is 5. The summed E-state index contributed by atoms with van der Waals surface area (Å²) in [5.74, 6) is 0.0140. The van der Waals surface area contributed by atoms with Crippen molar-refractivity contribution in [3.8, 4) is 11.5 Å². The van der Waals surface area contributed by atoms with Gasteiger partial charge in [-0.25, -0.2) is 8.42 Å². The predicted octanol–water partition coefficient (Wildman–Crippen LogP) is 2.33. The zero-order valence-corrected chi connectivity index (χ0v) is 14.5. The lowest BCUT2D eigenvalue weighted by molar-refractivity contribution is -0.387. The van der Waals surface area contributed by atoms with Gasteiger partial charge in [0.1, 0.15) is 13.2 Å². The van der Waals surface area contributed by atoms with Crippen molar-refractivity contribution >= 4 is 15.7 Å². The van der Waals surface area contributed by atoms with E-state index in [0.29, 0.717) is 36.3 Å². The van der Waals surface area contributed by atoms with Crippen LogP contribution < -0.4 is 9.47 Å². The molecule has 0 aromatic heterocycles. The Hall–Kier alpha value is -2.72. The average molecular weight is 382 g/mol. The van der Waals surface area contributed by atoms with Gasteiger partial charge < -0.3 is 9.47 Å². The molecular weight excluding hydrogens is 367 g/mol. The summed E-state index contributed by atoms with van der Waals surface area (Å²) in [6, 6.07) is 7.54. The highest BCUT2D eigenvalue weighted by Gasteiger charge is 2.25. The van der Waals surface area contributed by atoms with Crippen LogP contribution in [0.1, 0.15) is 5.56 Å². The summed E-state index contributed by atoms with van der Waals surface area (Å²) in [6.45, 7) is 0.859. The Morgan fingerprint density at radius 1 is 1.15 bits per heavy atom. The lowest BCUT2D eigenvalue weighted by Crippen LogP contribution is -2.26. The lowest BCUT2D eigenvalue weighted by Gasteiger charge is -2.21. The standard InChI is InChI=1S/C16H15FN2O6S/c1-18(10-11-2-5-15-16(8-11)25-7-6-24-15)26(22,23)12-3-4-13(17)14(9-12)19(20)21/h2-5,8-9H,6-7,10H2,1H3. The number of sulfonamides is 1. The number of nitro benzene ring substituents is 1. The molecule has 138 valence electrons. The van der Waals surface area contributed by atoms with E-state index in [2.05, 4.69) is 0 Å². The van der Waals surface area contributed by atoms with Gasteiger partial charge in [0.15, 0.2) is 11.5 Å². The van der Waals surface area contributed by atoms with E-state index in [1.165, 1.54) is 7.05 Å². The van der Waals surface area contributed by atoms with Gasteiger partial charge in [0, 0.05) is 19.7 Å². The Balaban J connectivity index is 1.86. The van der Waals surface area contributed by atoms with Crippen LogP contribution in [0.25, 0.3) is 0 Å². The van der Waals surface area contributed by atoms with E-state index in [4.69, 9.17) is 9.47 Å². The van der Waals surface area contributed by atoms with Crippen LogP contribution in [0.5, 0.6) is 11.5 Å². The van der Waals surface area contributed by atoms with E-state index in [1.54, 1.807) is 18.2 Å². The highest BCUT2D eigenvalue weighted by molar-refractivity contribution is 7.89. The van der Waals surface area contributed by atoms with Crippen molar-refractivity contribution in [2.24, 2.45) is 0 Å². The third kappa shape index (κ3) is 3.46. The first-order valence-corrected chi connectivity index (χ1v) is 9.02. The fourth-order valence-electron chi connectivity index (χ4n) is 2.50. The molecular formula is C16H15FN2O6S. The number of halogens is 1. The molecule has 0 unspecified atom stereocenters. The zero-order chi connectivity index (χ0) is 18.9. The minimum atomic E-state index is -4.04. The second kappa shape index (κ2) is 6.89. The maximum Gasteiger partial charge on any atom is 0.306 e. The van der Waals surface area contributed by atoms with Crippen molar-refractivity contribution in [3.63, 3.8) is 0 Å². The SMILES string of the molecule is CN(Cc1ccc2c(c1)OCCO2)S(=O)(=O)c1ccc(F)c([N+](=O)[O-])c1. The van der Waals surface area contributed by atoms with Gasteiger partial charge in [0.2, 0.25) is 15.8 Å². The Bertz CT molecular complexity index is 963. The average Bonchev–Trinajstić information content (AvgIpc) is 2.61. The van der Waals surface area contributed by atoms with Crippen LogP contribution in [0.15, 0.2) is 41.3 Å². The van der Waals surface area contributed by atoms with Crippen molar-refractivity contribution in [1.29, 1.82) is 0 Å². The van der Waals surface area contributed by atoms with Gasteiger partial charge in [-0.1, -0.05) is 6.07 Å². The summed E-state index contributed by atoms with van der Waals surface area (Å²) in [7, 11) is -2.71. The van der Waals surface area contributed by atoms with Gasteiger partial charge in [0.05, 0.1) is 9.82 Å². The smallest absolute Gasteiger partial charge is 0.306 e. The fourth-order valence-corrected chi connectivity index (χ4v) is 3.68. The predicted molar refractivity (Wildman–Crippen MR) is 89.1 cm³/mol. The molecule has 26 heavy (non-hydrogen) atoms. The second-order valence-corrected chi connectivity index (χ2v) is 7.65. The molecule has 2 aromatic carbocycles. The Kier molecular flexibility index (Phi) is 4.79. The number of nitrogens with zero attached hydrogens (tertiary/aromatic N) is 2. The summed E-state index contributed by atoms with van der Waals surface area (Å²) >= 11 is 0. The third-order valence-electron chi connectivity index (χ3n) is 3.83. The molecule has 0 amide bonds. The normalized spacial score (nSPS) is 13.7. The Morgan fingerprint density at radius 3 is 2.54 bits per heavy atom. The second-order valence-electron chi connectivity index (χ2n) is 5.61. The number of nitro groups is 1. The van der Waals surface area contributed by atoms with Crippen LogP contribution in [-0.2, 0) is 16.6 Å². The summed E-state index contributed by atoms with van der Waals surface area (Å²) < 4.78 is 50.6. The molecule has 0 spiro atoms. The van der Waals surface area contributed by atoms with Crippen molar-refractivity contribution in [2.75, 3.05) is 20.3 Å². The van der Waals surface area contributed by atoms with Gasteiger partial charge in [-0.15, -0.1) is 0 Å². The van der Waals surface area contributed by atoms with Crippen molar-refractivity contribution in [3.05, 3.63) is 57.9 Å². The van der Waals surface area contributed by atoms with Gasteiger partial charge >= 0.3 is 5.69 Å². The molecule has 0 radical (unpaired) electrons. The number of fused-ring (bicyclic) bond motifs is 1. The van der Waals surface area contributed by atoms with Crippen LogP contribution in [-0.4, -0.2) is 37.9 Å². The highest BCUT2D eigenvalue weighted by Crippen LogP contribution is 2.31. The first-order valence-electron chi connectivity index (χ1n) is 7.58. The quantitative estimate of drug-likeness (QED) is 0.581. The zero-order valence-electron chi connectivity index (χ0n) is 13.7.